The summed E-state index contributed by atoms with van der Waals surface area (Å²) in [5, 5.41) is 13.9. The summed E-state index contributed by atoms with van der Waals surface area (Å²) < 4.78 is 25.8. The number of halogens is 2. The van der Waals surface area contributed by atoms with E-state index in [2.05, 4.69) is 20.6 Å². The summed E-state index contributed by atoms with van der Waals surface area (Å²) in [5.41, 5.74) is 0.740. The number of hydrogen-bond acceptors (Lipinski definition) is 5. The van der Waals surface area contributed by atoms with Crippen LogP contribution in [-0.2, 0) is 6.42 Å². The molecule has 1 rings (SSSR count). The number of aliphatic hydroxyl groups is 1. The lowest BCUT2D eigenvalue weighted by Crippen LogP contribution is -2.31. The molecule has 0 spiro atoms. The highest BCUT2D eigenvalue weighted by Crippen LogP contribution is 2.21. The van der Waals surface area contributed by atoms with E-state index >= 15 is 0 Å². The van der Waals surface area contributed by atoms with Gasteiger partial charge in [0.25, 0.3) is 5.92 Å². The van der Waals surface area contributed by atoms with Crippen LogP contribution in [0.1, 0.15) is 12.5 Å². The average molecular weight is 246 g/mol. The monoisotopic (exact) mass is 246 g/mol. The standard InChI is InChI=1S/C10H16F2N4O/c1-3-7-8(13-2)15-6-16-9(7)14-4-10(11,12)5-17/h6,17H,3-5H2,1-2H3,(H2,13,14,15,16). The Labute approximate surface area is 98.3 Å². The molecular formula is C10H16F2N4O. The van der Waals surface area contributed by atoms with Crippen LogP contribution in [-0.4, -0.2) is 41.2 Å². The lowest BCUT2D eigenvalue weighted by Gasteiger charge is -2.17. The molecule has 0 atom stereocenters. The molecule has 1 aromatic heterocycles. The normalized spacial score (nSPS) is 11.4. The smallest absolute Gasteiger partial charge is 0.287 e. The zero-order valence-corrected chi connectivity index (χ0v) is 9.80. The number of anilines is 2. The van der Waals surface area contributed by atoms with Crippen LogP contribution >= 0.6 is 0 Å². The molecule has 0 bridgehead atoms. The number of nitrogens with zero attached hydrogens (tertiary/aromatic N) is 2. The molecule has 1 aromatic rings. The van der Waals surface area contributed by atoms with E-state index in [0.717, 1.165) is 5.56 Å². The molecule has 3 N–H and O–H groups in total. The highest BCUT2D eigenvalue weighted by molar-refractivity contribution is 5.57. The molecule has 0 saturated heterocycles. The summed E-state index contributed by atoms with van der Waals surface area (Å²) in [6.07, 6.45) is 1.91. The Hall–Kier alpha value is -1.50. The fraction of sp³-hybridized carbons (Fsp3) is 0.600. The van der Waals surface area contributed by atoms with E-state index in [4.69, 9.17) is 5.11 Å². The Kier molecular flexibility index (Phi) is 4.56. The summed E-state index contributed by atoms with van der Waals surface area (Å²) in [7, 11) is 1.70. The fourth-order valence-electron chi connectivity index (χ4n) is 1.38. The first-order chi connectivity index (χ1) is 8.04. The Morgan fingerprint density at radius 3 is 2.53 bits per heavy atom. The van der Waals surface area contributed by atoms with E-state index in [9.17, 15) is 8.78 Å². The number of rotatable bonds is 6. The molecular weight excluding hydrogens is 230 g/mol. The van der Waals surface area contributed by atoms with Crippen LogP contribution in [0.2, 0.25) is 0 Å². The van der Waals surface area contributed by atoms with Crippen LogP contribution in [0.5, 0.6) is 0 Å². The molecule has 96 valence electrons. The lowest BCUT2D eigenvalue weighted by molar-refractivity contribution is -0.0373. The third-order valence-corrected chi connectivity index (χ3v) is 2.28. The first kappa shape index (κ1) is 13.6. The van der Waals surface area contributed by atoms with Crippen molar-refractivity contribution in [2.45, 2.75) is 19.3 Å². The molecule has 0 unspecified atom stereocenters. The molecule has 0 aliphatic carbocycles. The van der Waals surface area contributed by atoms with Gasteiger partial charge in [-0.3, -0.25) is 0 Å². The molecule has 5 nitrogen and oxygen atoms in total. The van der Waals surface area contributed by atoms with E-state index in [0.29, 0.717) is 18.1 Å². The van der Waals surface area contributed by atoms with Crippen LogP contribution < -0.4 is 10.6 Å². The highest BCUT2D eigenvalue weighted by atomic mass is 19.3. The summed E-state index contributed by atoms with van der Waals surface area (Å²) in [4.78, 5) is 7.91. The van der Waals surface area contributed by atoms with Gasteiger partial charge in [0.1, 0.15) is 24.6 Å². The molecule has 0 aromatic carbocycles. The minimum atomic E-state index is -3.16. The maximum absolute atomic E-state index is 12.9. The Bertz CT molecular complexity index is 373. The first-order valence-corrected chi connectivity index (χ1v) is 5.28. The van der Waals surface area contributed by atoms with Gasteiger partial charge in [0.2, 0.25) is 0 Å². The SMILES string of the molecule is CCc1c(NC)ncnc1NCC(F)(F)CO. The van der Waals surface area contributed by atoms with Crippen molar-refractivity contribution in [3.63, 3.8) is 0 Å². The van der Waals surface area contributed by atoms with Gasteiger partial charge in [0, 0.05) is 12.6 Å². The van der Waals surface area contributed by atoms with Crippen molar-refractivity contribution in [1.29, 1.82) is 0 Å². The van der Waals surface area contributed by atoms with Crippen molar-refractivity contribution in [2.24, 2.45) is 0 Å². The first-order valence-electron chi connectivity index (χ1n) is 5.28. The predicted molar refractivity (Wildman–Crippen MR) is 61.5 cm³/mol. The van der Waals surface area contributed by atoms with Gasteiger partial charge in [0.15, 0.2) is 0 Å². The van der Waals surface area contributed by atoms with Crippen LogP contribution in [0.15, 0.2) is 6.33 Å². The Morgan fingerprint density at radius 1 is 1.35 bits per heavy atom. The van der Waals surface area contributed by atoms with Gasteiger partial charge in [-0.1, -0.05) is 6.92 Å². The molecule has 0 aliphatic rings. The summed E-state index contributed by atoms with van der Waals surface area (Å²) in [6.45, 7) is 0.0387. The number of aromatic nitrogens is 2. The maximum Gasteiger partial charge on any atom is 0.287 e. The highest BCUT2D eigenvalue weighted by Gasteiger charge is 2.27. The predicted octanol–water partition coefficient (Wildman–Crippen LogP) is 1.12. The molecule has 17 heavy (non-hydrogen) atoms. The molecule has 1 heterocycles. The maximum atomic E-state index is 12.9. The summed E-state index contributed by atoms with van der Waals surface area (Å²) in [6, 6.07) is 0. The molecule has 0 saturated carbocycles. The van der Waals surface area contributed by atoms with E-state index in [1.54, 1.807) is 7.05 Å². The second-order valence-electron chi connectivity index (χ2n) is 3.52. The average Bonchev–Trinajstić information content (AvgIpc) is 2.35. The molecule has 0 radical (unpaired) electrons. The van der Waals surface area contributed by atoms with E-state index in [-0.39, 0.29) is 0 Å². The van der Waals surface area contributed by atoms with Crippen molar-refractivity contribution >= 4 is 11.6 Å². The summed E-state index contributed by atoms with van der Waals surface area (Å²) in [5.74, 6) is -2.19. The fourth-order valence-corrected chi connectivity index (χ4v) is 1.38. The van der Waals surface area contributed by atoms with Crippen molar-refractivity contribution in [3.05, 3.63) is 11.9 Å². The Morgan fingerprint density at radius 2 is 2.00 bits per heavy atom. The van der Waals surface area contributed by atoms with Crippen LogP contribution in [0.25, 0.3) is 0 Å². The van der Waals surface area contributed by atoms with Gasteiger partial charge in [-0.05, 0) is 6.42 Å². The van der Waals surface area contributed by atoms with Crippen molar-refractivity contribution in [2.75, 3.05) is 30.8 Å². The minimum Gasteiger partial charge on any atom is -0.390 e. The third kappa shape index (κ3) is 3.48. The van der Waals surface area contributed by atoms with Crippen molar-refractivity contribution in [3.8, 4) is 0 Å². The number of aliphatic hydroxyl groups excluding tert-OH is 1. The van der Waals surface area contributed by atoms with Gasteiger partial charge < -0.3 is 15.7 Å². The van der Waals surface area contributed by atoms with E-state index < -0.39 is 19.1 Å². The van der Waals surface area contributed by atoms with Gasteiger partial charge in [-0.25, -0.2) is 18.7 Å². The number of hydrogen-bond donors (Lipinski definition) is 3. The van der Waals surface area contributed by atoms with E-state index in [1.807, 2.05) is 6.92 Å². The van der Waals surface area contributed by atoms with Crippen molar-refractivity contribution in [1.82, 2.24) is 9.97 Å². The largest absolute Gasteiger partial charge is 0.390 e. The van der Waals surface area contributed by atoms with Crippen LogP contribution in [0, 0.1) is 0 Å². The zero-order valence-electron chi connectivity index (χ0n) is 9.80. The van der Waals surface area contributed by atoms with Crippen LogP contribution in [0.3, 0.4) is 0 Å². The van der Waals surface area contributed by atoms with Gasteiger partial charge in [0.05, 0.1) is 6.54 Å². The molecule has 7 heteroatoms. The minimum absolute atomic E-state index is 0.361. The van der Waals surface area contributed by atoms with Gasteiger partial charge in [-0.15, -0.1) is 0 Å². The van der Waals surface area contributed by atoms with Crippen molar-refractivity contribution < 1.29 is 13.9 Å². The number of nitrogens with one attached hydrogen (secondary N) is 2. The lowest BCUT2D eigenvalue weighted by atomic mass is 10.2. The number of alkyl halides is 2. The van der Waals surface area contributed by atoms with E-state index in [1.165, 1.54) is 6.33 Å². The Balaban J connectivity index is 2.84. The topological polar surface area (TPSA) is 70.1 Å². The van der Waals surface area contributed by atoms with Gasteiger partial charge in [-0.2, -0.15) is 0 Å². The molecule has 0 aliphatic heterocycles. The quantitative estimate of drug-likeness (QED) is 0.701. The molecule has 0 amide bonds. The zero-order chi connectivity index (χ0) is 12.9. The van der Waals surface area contributed by atoms with Crippen LogP contribution in [0.4, 0.5) is 20.4 Å². The summed E-state index contributed by atoms with van der Waals surface area (Å²) >= 11 is 0. The third-order valence-electron chi connectivity index (χ3n) is 2.28. The second-order valence-corrected chi connectivity index (χ2v) is 3.52. The molecule has 0 fully saturated rings. The van der Waals surface area contributed by atoms with Gasteiger partial charge >= 0.3 is 0 Å². The second kappa shape index (κ2) is 5.72.